The third kappa shape index (κ3) is 4.06. The van der Waals surface area contributed by atoms with Crippen LogP contribution in [0.3, 0.4) is 0 Å². The Morgan fingerprint density at radius 1 is 1.28 bits per heavy atom. The molecule has 0 bridgehead atoms. The number of rotatable bonds is 6. The highest BCUT2D eigenvalue weighted by atomic mass is 35.5. The molecule has 25 heavy (non-hydrogen) atoms. The van der Waals surface area contributed by atoms with Crippen molar-refractivity contribution in [2.45, 2.75) is 6.42 Å². The molecule has 0 spiro atoms. The second-order valence-electron chi connectivity index (χ2n) is 6.06. The number of hydrogen-bond acceptors (Lipinski definition) is 4. The highest BCUT2D eigenvalue weighted by molar-refractivity contribution is 7.81. The predicted molar refractivity (Wildman–Crippen MR) is 109 cm³/mol. The Morgan fingerprint density at radius 2 is 2.04 bits per heavy atom. The van der Waals surface area contributed by atoms with Gasteiger partial charge in [0, 0.05) is 27.9 Å². The summed E-state index contributed by atoms with van der Waals surface area (Å²) in [5, 5.41) is 2.65. The van der Waals surface area contributed by atoms with Crippen molar-refractivity contribution in [3.8, 4) is 0 Å². The fourth-order valence-electron chi connectivity index (χ4n) is 2.91. The van der Waals surface area contributed by atoms with E-state index in [1.165, 1.54) is 0 Å². The molecule has 0 fully saturated rings. The minimum Gasteiger partial charge on any atom is -0.464 e. The Morgan fingerprint density at radius 3 is 2.76 bits per heavy atom. The molecule has 4 nitrogen and oxygen atoms in total. The normalized spacial score (nSPS) is 12.6. The molecule has 1 aliphatic heterocycles. The van der Waals surface area contributed by atoms with E-state index in [9.17, 15) is 4.79 Å². The summed E-state index contributed by atoms with van der Waals surface area (Å²) >= 11 is 11.8. The lowest BCUT2D eigenvalue weighted by atomic mass is 10.1. The lowest BCUT2D eigenvalue weighted by Crippen LogP contribution is -2.33. The minimum absolute atomic E-state index is 0. The summed E-state index contributed by atoms with van der Waals surface area (Å²) < 4.78 is 5.33. The summed E-state index contributed by atoms with van der Waals surface area (Å²) in [7, 11) is 3.99. The molecule has 0 atom stereocenters. The molecule has 0 amide bonds. The van der Waals surface area contributed by atoms with Crippen LogP contribution in [0.1, 0.15) is 12.0 Å². The topological polar surface area (TPSA) is 32.8 Å². The van der Waals surface area contributed by atoms with Crippen molar-refractivity contribution >= 4 is 63.6 Å². The number of carbonyl (C=O) groups excluding carboxylic acids is 1. The van der Waals surface area contributed by atoms with Gasteiger partial charge in [0.25, 0.3) is 0 Å². The first-order chi connectivity index (χ1) is 11.5. The number of anilines is 1. The fourth-order valence-corrected chi connectivity index (χ4v) is 3.46. The summed E-state index contributed by atoms with van der Waals surface area (Å²) in [5.74, 6) is -0.271. The molecule has 3 rings (SSSR count). The number of carbonyl (C=O) groups is 1. The van der Waals surface area contributed by atoms with E-state index in [0.717, 1.165) is 35.0 Å². The van der Waals surface area contributed by atoms with Crippen LogP contribution in [0.2, 0.25) is 5.02 Å². The molecule has 0 radical (unpaired) electrons. The summed E-state index contributed by atoms with van der Waals surface area (Å²) in [6.07, 6.45) is 0.814. The summed E-state index contributed by atoms with van der Waals surface area (Å²) in [6, 6.07) is 9.62. The maximum atomic E-state index is 12.2. The third-order valence-corrected chi connectivity index (χ3v) is 4.80. The first-order valence-corrected chi connectivity index (χ1v) is 8.61. The summed E-state index contributed by atoms with van der Waals surface area (Å²) in [5.41, 5.74) is 1.86. The minimum atomic E-state index is -0.271. The number of esters is 1. The monoisotopic (exact) mass is 398 g/mol. The standard InChI is InChI=1S/C18H19ClN2O2S.ClH/c1-20(2)9-4-10-23-16(22)11-21-15-8-7-14(19)12-5-3-6-13(17(12)15)18(21)24;/h3,5-8H,4,9-11H2,1-2H3;1H. The molecule has 2 aromatic carbocycles. The Hall–Kier alpha value is -1.40. The molecule has 0 aliphatic carbocycles. The smallest absolute Gasteiger partial charge is 0.326 e. The first kappa shape index (κ1) is 19.9. The SMILES string of the molecule is CN(C)CCCOC(=O)CN1C(=S)c2cccc3c(Cl)ccc1c23.Cl. The molecule has 1 heterocycles. The zero-order valence-corrected chi connectivity index (χ0v) is 16.5. The number of hydrogen-bond donors (Lipinski definition) is 0. The Balaban J connectivity index is 0.00000225. The molecular weight excluding hydrogens is 379 g/mol. The largest absolute Gasteiger partial charge is 0.464 e. The molecule has 0 unspecified atom stereocenters. The van der Waals surface area contributed by atoms with Gasteiger partial charge in [-0.3, -0.25) is 4.79 Å². The van der Waals surface area contributed by atoms with Crippen LogP contribution in [0.25, 0.3) is 10.8 Å². The fraction of sp³-hybridized carbons (Fsp3) is 0.333. The van der Waals surface area contributed by atoms with E-state index >= 15 is 0 Å². The third-order valence-electron chi connectivity index (χ3n) is 4.03. The van der Waals surface area contributed by atoms with Crippen LogP contribution in [0.4, 0.5) is 5.69 Å². The quantitative estimate of drug-likeness (QED) is 0.418. The van der Waals surface area contributed by atoms with Gasteiger partial charge in [-0.1, -0.05) is 42.0 Å². The van der Waals surface area contributed by atoms with Gasteiger partial charge < -0.3 is 14.5 Å². The van der Waals surface area contributed by atoms with Gasteiger partial charge in [0.1, 0.15) is 11.5 Å². The van der Waals surface area contributed by atoms with Gasteiger partial charge in [0.05, 0.1) is 12.3 Å². The number of nitrogens with zero attached hydrogens (tertiary/aromatic N) is 2. The molecular formula is C18H20Cl2N2O2S. The maximum absolute atomic E-state index is 12.2. The Labute approximate surface area is 164 Å². The summed E-state index contributed by atoms with van der Waals surface area (Å²) in [6.45, 7) is 1.42. The lowest BCUT2D eigenvalue weighted by Gasteiger charge is -2.19. The molecule has 7 heteroatoms. The number of halogens is 2. The zero-order chi connectivity index (χ0) is 17.3. The van der Waals surface area contributed by atoms with Crippen molar-refractivity contribution in [3.63, 3.8) is 0 Å². The van der Waals surface area contributed by atoms with E-state index in [-0.39, 0.29) is 24.9 Å². The van der Waals surface area contributed by atoms with E-state index in [4.69, 9.17) is 28.6 Å². The van der Waals surface area contributed by atoms with Crippen LogP contribution in [0.15, 0.2) is 30.3 Å². The molecule has 2 aromatic rings. The van der Waals surface area contributed by atoms with Gasteiger partial charge in [-0.25, -0.2) is 0 Å². The van der Waals surface area contributed by atoms with Crippen LogP contribution in [-0.4, -0.2) is 49.6 Å². The summed E-state index contributed by atoms with van der Waals surface area (Å²) in [4.78, 5) is 16.7. The van der Waals surface area contributed by atoms with Crippen molar-refractivity contribution in [2.24, 2.45) is 0 Å². The highest BCUT2D eigenvalue weighted by Gasteiger charge is 2.29. The van der Waals surface area contributed by atoms with Crippen molar-refractivity contribution in [2.75, 3.05) is 38.7 Å². The Kier molecular flexibility index (Phi) is 6.63. The number of thiocarbonyl (C=S) groups is 1. The molecule has 0 N–H and O–H groups in total. The van der Waals surface area contributed by atoms with Crippen molar-refractivity contribution in [1.82, 2.24) is 4.90 Å². The van der Waals surface area contributed by atoms with Crippen LogP contribution in [-0.2, 0) is 9.53 Å². The Bertz CT molecular complexity index is 811. The van der Waals surface area contributed by atoms with Crippen molar-refractivity contribution in [3.05, 3.63) is 40.9 Å². The van der Waals surface area contributed by atoms with Crippen LogP contribution >= 0.6 is 36.2 Å². The second-order valence-corrected chi connectivity index (χ2v) is 6.86. The van der Waals surface area contributed by atoms with E-state index in [1.54, 1.807) is 0 Å². The maximum Gasteiger partial charge on any atom is 0.326 e. The zero-order valence-electron chi connectivity index (χ0n) is 14.1. The number of benzene rings is 2. The van der Waals surface area contributed by atoms with Gasteiger partial charge in [-0.05, 0) is 32.6 Å². The van der Waals surface area contributed by atoms with Gasteiger partial charge >= 0.3 is 5.97 Å². The highest BCUT2D eigenvalue weighted by Crippen LogP contribution is 2.40. The molecule has 1 aliphatic rings. The van der Waals surface area contributed by atoms with Crippen LogP contribution in [0, 0.1) is 0 Å². The first-order valence-electron chi connectivity index (χ1n) is 7.82. The van der Waals surface area contributed by atoms with Crippen molar-refractivity contribution < 1.29 is 9.53 Å². The van der Waals surface area contributed by atoms with Crippen molar-refractivity contribution in [1.29, 1.82) is 0 Å². The van der Waals surface area contributed by atoms with Gasteiger partial charge in [-0.2, -0.15) is 0 Å². The molecule has 134 valence electrons. The second kappa shape index (κ2) is 8.32. The van der Waals surface area contributed by atoms with E-state index < -0.39 is 0 Å². The average Bonchev–Trinajstić information content (AvgIpc) is 2.82. The lowest BCUT2D eigenvalue weighted by molar-refractivity contribution is -0.141. The van der Waals surface area contributed by atoms with Gasteiger partial charge in [0.2, 0.25) is 0 Å². The van der Waals surface area contributed by atoms with E-state index in [0.29, 0.717) is 16.6 Å². The van der Waals surface area contributed by atoms with E-state index in [1.807, 2.05) is 49.3 Å². The average molecular weight is 399 g/mol. The molecule has 0 saturated carbocycles. The number of ether oxygens (including phenoxy) is 1. The van der Waals surface area contributed by atoms with Gasteiger partial charge in [-0.15, -0.1) is 12.4 Å². The van der Waals surface area contributed by atoms with Gasteiger partial charge in [0.15, 0.2) is 0 Å². The van der Waals surface area contributed by atoms with E-state index in [2.05, 4.69) is 4.90 Å². The molecule has 0 aromatic heterocycles. The predicted octanol–water partition coefficient (Wildman–Crippen LogP) is 3.91. The van der Waals surface area contributed by atoms with Crippen LogP contribution < -0.4 is 4.90 Å². The van der Waals surface area contributed by atoms with Crippen LogP contribution in [0.5, 0.6) is 0 Å². The molecule has 0 saturated heterocycles.